The van der Waals surface area contributed by atoms with Gasteiger partial charge in [-0.25, -0.2) is 4.98 Å². The Morgan fingerprint density at radius 1 is 1.04 bits per heavy atom. The van der Waals surface area contributed by atoms with E-state index in [1.807, 2.05) is 60.2 Å². The van der Waals surface area contributed by atoms with Crippen LogP contribution in [0.5, 0.6) is 0 Å². The molecule has 2 aromatic carbocycles. The number of imidazole rings is 1. The highest BCUT2D eigenvalue weighted by molar-refractivity contribution is 8.00. The van der Waals surface area contributed by atoms with Crippen molar-refractivity contribution < 1.29 is 4.79 Å². The van der Waals surface area contributed by atoms with E-state index in [1.165, 1.54) is 11.8 Å². The fraction of sp³-hybridized carbons (Fsp3) is 0.136. The number of thioether (sulfide) groups is 1. The molecule has 2 heterocycles. The van der Waals surface area contributed by atoms with E-state index in [0.29, 0.717) is 0 Å². The van der Waals surface area contributed by atoms with E-state index in [2.05, 4.69) is 34.3 Å². The van der Waals surface area contributed by atoms with Gasteiger partial charge < -0.3 is 5.32 Å². The second-order valence-electron chi connectivity index (χ2n) is 6.49. The van der Waals surface area contributed by atoms with E-state index in [4.69, 9.17) is 0 Å². The molecular formula is C22H20N4OS. The summed E-state index contributed by atoms with van der Waals surface area (Å²) in [5.41, 5.74) is 3.85. The lowest BCUT2D eigenvalue weighted by Gasteiger charge is -2.15. The molecule has 0 spiro atoms. The van der Waals surface area contributed by atoms with E-state index in [0.717, 1.165) is 33.0 Å². The van der Waals surface area contributed by atoms with E-state index >= 15 is 0 Å². The average Bonchev–Trinajstić information content (AvgIpc) is 3.16. The molecule has 0 radical (unpaired) electrons. The molecule has 1 N–H and O–H groups in total. The van der Waals surface area contributed by atoms with Crippen LogP contribution in [0, 0.1) is 6.92 Å². The summed E-state index contributed by atoms with van der Waals surface area (Å²) in [5.74, 6) is -0.0688. The van der Waals surface area contributed by atoms with Gasteiger partial charge >= 0.3 is 0 Å². The van der Waals surface area contributed by atoms with Crippen LogP contribution >= 0.6 is 11.8 Å². The quantitative estimate of drug-likeness (QED) is 0.497. The van der Waals surface area contributed by atoms with Crippen molar-refractivity contribution >= 4 is 34.3 Å². The average molecular weight is 388 g/mol. The van der Waals surface area contributed by atoms with Crippen molar-refractivity contribution in [1.82, 2.24) is 14.5 Å². The van der Waals surface area contributed by atoms with Gasteiger partial charge in [0.15, 0.2) is 5.16 Å². The Hall–Kier alpha value is -3.12. The fourth-order valence-corrected chi connectivity index (χ4v) is 3.93. The minimum atomic E-state index is -0.308. The minimum Gasteiger partial charge on any atom is -0.324 e. The summed E-state index contributed by atoms with van der Waals surface area (Å²) >= 11 is 1.44. The number of para-hydroxylation sites is 1. The molecule has 0 aliphatic heterocycles. The minimum absolute atomic E-state index is 0.0688. The predicted octanol–water partition coefficient (Wildman–Crippen LogP) is 4.85. The van der Waals surface area contributed by atoms with Crippen molar-refractivity contribution in [3.63, 3.8) is 0 Å². The lowest BCUT2D eigenvalue weighted by Crippen LogP contribution is -2.23. The van der Waals surface area contributed by atoms with Crippen LogP contribution in [0.25, 0.3) is 16.6 Å². The second kappa shape index (κ2) is 7.86. The van der Waals surface area contributed by atoms with Gasteiger partial charge in [-0.05, 0) is 49.7 Å². The van der Waals surface area contributed by atoms with Crippen molar-refractivity contribution in [1.29, 1.82) is 0 Å². The van der Waals surface area contributed by atoms with Crippen LogP contribution in [0.3, 0.4) is 0 Å². The molecule has 0 aliphatic carbocycles. The van der Waals surface area contributed by atoms with Gasteiger partial charge in [0.25, 0.3) is 0 Å². The highest BCUT2D eigenvalue weighted by atomic mass is 32.2. The largest absolute Gasteiger partial charge is 0.324 e. The molecule has 0 saturated heterocycles. The molecule has 0 bridgehead atoms. The summed E-state index contributed by atoms with van der Waals surface area (Å²) in [6, 6.07) is 17.7. The first kappa shape index (κ1) is 18.3. The number of pyridine rings is 1. The van der Waals surface area contributed by atoms with Gasteiger partial charge in [0.2, 0.25) is 5.91 Å². The Kier molecular flexibility index (Phi) is 5.12. The number of nitrogens with zero attached hydrogens (tertiary/aromatic N) is 3. The molecule has 28 heavy (non-hydrogen) atoms. The molecule has 6 heteroatoms. The summed E-state index contributed by atoms with van der Waals surface area (Å²) in [5, 5.41) is 4.44. The lowest BCUT2D eigenvalue weighted by atomic mass is 10.2. The van der Waals surface area contributed by atoms with Crippen LogP contribution < -0.4 is 5.32 Å². The van der Waals surface area contributed by atoms with E-state index in [-0.39, 0.29) is 11.2 Å². The number of carbonyl (C=O) groups is 1. The van der Waals surface area contributed by atoms with Gasteiger partial charge in [-0.2, -0.15) is 0 Å². The number of nitrogens with one attached hydrogen (secondary N) is 1. The van der Waals surface area contributed by atoms with Crippen LogP contribution in [0.4, 0.5) is 5.69 Å². The number of carbonyl (C=O) groups excluding carboxylic acids is 1. The van der Waals surface area contributed by atoms with Gasteiger partial charge in [0, 0.05) is 24.0 Å². The maximum absolute atomic E-state index is 12.8. The second-order valence-corrected chi connectivity index (χ2v) is 7.80. The topological polar surface area (TPSA) is 59.8 Å². The number of rotatable bonds is 5. The first-order valence-corrected chi connectivity index (χ1v) is 9.92. The lowest BCUT2D eigenvalue weighted by molar-refractivity contribution is -0.115. The number of aromatic nitrogens is 3. The third kappa shape index (κ3) is 3.64. The third-order valence-electron chi connectivity index (χ3n) is 4.54. The summed E-state index contributed by atoms with van der Waals surface area (Å²) in [6.07, 6.45) is 5.43. The van der Waals surface area contributed by atoms with E-state index in [9.17, 15) is 4.79 Å². The smallest absolute Gasteiger partial charge is 0.237 e. The molecule has 4 rings (SSSR count). The van der Waals surface area contributed by atoms with Gasteiger partial charge in [-0.3, -0.25) is 14.3 Å². The summed E-state index contributed by atoms with van der Waals surface area (Å²) in [7, 11) is 0. The third-order valence-corrected chi connectivity index (χ3v) is 5.62. The molecule has 0 aliphatic rings. The van der Waals surface area contributed by atoms with Crippen LogP contribution in [0.1, 0.15) is 12.5 Å². The Balaban J connectivity index is 1.53. The Labute approximate surface area is 167 Å². The zero-order valence-corrected chi connectivity index (χ0v) is 16.5. The predicted molar refractivity (Wildman–Crippen MR) is 114 cm³/mol. The Morgan fingerprint density at radius 2 is 1.89 bits per heavy atom. The number of hydrogen-bond acceptors (Lipinski definition) is 4. The van der Waals surface area contributed by atoms with Crippen molar-refractivity contribution in [2.24, 2.45) is 0 Å². The van der Waals surface area contributed by atoms with Crippen molar-refractivity contribution in [3.8, 4) is 5.69 Å². The van der Waals surface area contributed by atoms with Crippen molar-refractivity contribution in [2.45, 2.75) is 24.3 Å². The number of aryl methyl sites for hydroxylation is 1. The number of fused-ring (bicyclic) bond motifs is 1. The van der Waals surface area contributed by atoms with Crippen LogP contribution in [-0.2, 0) is 4.79 Å². The molecule has 5 nitrogen and oxygen atoms in total. The molecule has 0 fully saturated rings. The van der Waals surface area contributed by atoms with E-state index < -0.39 is 0 Å². The van der Waals surface area contributed by atoms with Gasteiger partial charge in [0.05, 0.1) is 22.1 Å². The maximum atomic E-state index is 12.8. The molecule has 140 valence electrons. The zero-order valence-electron chi connectivity index (χ0n) is 15.7. The molecule has 2 aromatic heterocycles. The highest BCUT2D eigenvalue weighted by Crippen LogP contribution is 2.28. The van der Waals surface area contributed by atoms with Crippen molar-refractivity contribution in [2.75, 3.05) is 5.32 Å². The number of amides is 1. The normalized spacial score (nSPS) is 12.1. The van der Waals surface area contributed by atoms with E-state index in [1.54, 1.807) is 12.4 Å². The summed E-state index contributed by atoms with van der Waals surface area (Å²) < 4.78 is 2.02. The number of hydrogen-bond donors (Lipinski definition) is 1. The summed E-state index contributed by atoms with van der Waals surface area (Å²) in [6.45, 7) is 3.95. The first-order valence-electron chi connectivity index (χ1n) is 9.04. The SMILES string of the molecule is Cc1ccccc1-n1ccnc1SC(C)C(=O)Nc1cccc2ncccc12. The fourth-order valence-electron chi connectivity index (χ4n) is 3.05. The van der Waals surface area contributed by atoms with Crippen LogP contribution in [0.15, 0.2) is 78.3 Å². The molecule has 1 amide bonds. The monoisotopic (exact) mass is 388 g/mol. The van der Waals surface area contributed by atoms with Crippen LogP contribution in [0.2, 0.25) is 0 Å². The summed E-state index contributed by atoms with van der Waals surface area (Å²) in [4.78, 5) is 21.6. The van der Waals surface area contributed by atoms with Crippen LogP contribution in [-0.4, -0.2) is 25.7 Å². The zero-order chi connectivity index (χ0) is 19.5. The van der Waals surface area contributed by atoms with Gasteiger partial charge in [-0.1, -0.05) is 36.0 Å². The van der Waals surface area contributed by atoms with Crippen molar-refractivity contribution in [3.05, 3.63) is 78.8 Å². The maximum Gasteiger partial charge on any atom is 0.237 e. The molecular weight excluding hydrogens is 368 g/mol. The number of anilines is 1. The van der Waals surface area contributed by atoms with Gasteiger partial charge in [0.1, 0.15) is 0 Å². The molecule has 0 saturated carbocycles. The Morgan fingerprint density at radius 3 is 2.75 bits per heavy atom. The Bertz CT molecular complexity index is 1130. The first-order chi connectivity index (χ1) is 13.6. The molecule has 1 atom stereocenters. The number of benzene rings is 2. The highest BCUT2D eigenvalue weighted by Gasteiger charge is 2.19. The molecule has 4 aromatic rings. The standard InChI is InChI=1S/C22H20N4OS/c1-15-7-3-4-11-20(15)26-14-13-24-22(26)28-16(2)21(27)25-19-10-5-9-18-17(19)8-6-12-23-18/h3-14,16H,1-2H3,(H,25,27). The molecule has 1 unspecified atom stereocenters. The van der Waals surface area contributed by atoms with Gasteiger partial charge in [-0.15, -0.1) is 0 Å².